The number of benzene rings is 1. The highest BCUT2D eigenvalue weighted by atomic mass is 32.1. The average Bonchev–Trinajstić information content (AvgIpc) is 3.71. The largest absolute Gasteiger partial charge is 0.172 e. The lowest BCUT2D eigenvalue weighted by molar-refractivity contribution is 0.670. The average molecular weight is 563 g/mol. The van der Waals surface area contributed by atoms with E-state index in [1.807, 2.05) is 45.3 Å². The van der Waals surface area contributed by atoms with Crippen molar-refractivity contribution in [3.05, 3.63) is 70.4 Å². The van der Waals surface area contributed by atoms with Crippen molar-refractivity contribution in [3.8, 4) is 40.4 Å². The molecule has 6 aromatic rings. The van der Waals surface area contributed by atoms with Gasteiger partial charge in [-0.15, -0.1) is 45.3 Å². The van der Waals surface area contributed by atoms with E-state index in [9.17, 15) is 0 Å². The Morgan fingerprint density at radius 1 is 0.556 bits per heavy atom. The minimum absolute atomic E-state index is 1.01. The van der Waals surface area contributed by atoms with Gasteiger partial charge in [-0.3, -0.25) is 0 Å². The van der Waals surface area contributed by atoms with Gasteiger partial charge in [0.25, 0.3) is 0 Å². The molecule has 5 heterocycles. The summed E-state index contributed by atoms with van der Waals surface area (Å²) < 4.78 is 9.45. The molecule has 0 saturated carbocycles. The van der Waals surface area contributed by atoms with Crippen LogP contribution in [-0.4, -0.2) is 8.75 Å². The van der Waals surface area contributed by atoms with E-state index >= 15 is 0 Å². The fraction of sp³-hybridized carbons (Fsp3) is 0.241. The SMILES string of the molecule is CCCCCCc1ccc(-c2ccc(-c3ccc(-c4ccc(-c5ccc(C)s5)s4)c4nsnc34)s2)s1. The predicted octanol–water partition coefficient (Wildman–Crippen LogP) is 11.0. The van der Waals surface area contributed by atoms with Crippen molar-refractivity contribution in [2.45, 2.75) is 46.0 Å². The first-order chi connectivity index (χ1) is 17.7. The van der Waals surface area contributed by atoms with Gasteiger partial charge >= 0.3 is 0 Å². The third kappa shape index (κ3) is 4.87. The second-order valence-corrected chi connectivity index (χ2v) is 14.1. The Kier molecular flexibility index (Phi) is 7.18. The van der Waals surface area contributed by atoms with E-state index in [0.29, 0.717) is 0 Å². The summed E-state index contributed by atoms with van der Waals surface area (Å²) >= 11 is 8.80. The molecule has 2 nitrogen and oxygen atoms in total. The normalized spacial score (nSPS) is 11.6. The van der Waals surface area contributed by atoms with Crippen molar-refractivity contribution >= 4 is 68.1 Å². The first-order valence-corrected chi connectivity index (χ1v) is 16.3. The highest BCUT2D eigenvalue weighted by Gasteiger charge is 2.17. The topological polar surface area (TPSA) is 25.8 Å². The third-order valence-corrected chi connectivity index (χ3v) is 11.6. The van der Waals surface area contributed by atoms with E-state index in [0.717, 1.165) is 11.0 Å². The van der Waals surface area contributed by atoms with Gasteiger partial charge in [0.05, 0.1) is 11.7 Å². The molecule has 36 heavy (non-hydrogen) atoms. The van der Waals surface area contributed by atoms with Crippen LogP contribution in [0, 0.1) is 6.92 Å². The predicted molar refractivity (Wildman–Crippen MR) is 163 cm³/mol. The quantitative estimate of drug-likeness (QED) is 0.164. The summed E-state index contributed by atoms with van der Waals surface area (Å²) in [7, 11) is 0. The molecule has 0 N–H and O–H groups in total. The summed E-state index contributed by atoms with van der Waals surface area (Å²) in [6.45, 7) is 4.43. The second kappa shape index (κ2) is 10.7. The van der Waals surface area contributed by atoms with Crippen LogP contribution in [0.5, 0.6) is 0 Å². The first kappa shape index (κ1) is 24.2. The molecule has 0 bridgehead atoms. The highest BCUT2D eigenvalue weighted by molar-refractivity contribution is 7.24. The summed E-state index contributed by atoms with van der Waals surface area (Å²) in [5.74, 6) is 0. The Balaban J connectivity index is 1.27. The molecule has 0 aliphatic heterocycles. The van der Waals surface area contributed by atoms with Crippen LogP contribution < -0.4 is 0 Å². The van der Waals surface area contributed by atoms with Crippen LogP contribution in [0.2, 0.25) is 0 Å². The van der Waals surface area contributed by atoms with E-state index < -0.39 is 0 Å². The Labute approximate surface area is 232 Å². The van der Waals surface area contributed by atoms with Gasteiger partial charge < -0.3 is 0 Å². The van der Waals surface area contributed by atoms with E-state index in [-0.39, 0.29) is 0 Å². The number of rotatable bonds is 9. The Hall–Kier alpha value is -2.16. The van der Waals surface area contributed by atoms with Crippen LogP contribution in [0.1, 0.15) is 42.4 Å². The number of hydrogen-bond acceptors (Lipinski definition) is 7. The summed E-state index contributed by atoms with van der Waals surface area (Å²) in [5.41, 5.74) is 4.37. The zero-order valence-electron chi connectivity index (χ0n) is 20.2. The highest BCUT2D eigenvalue weighted by Crippen LogP contribution is 2.44. The van der Waals surface area contributed by atoms with Gasteiger partial charge in [0, 0.05) is 50.1 Å². The second-order valence-electron chi connectivity index (χ2n) is 8.94. The molecule has 7 heteroatoms. The lowest BCUT2D eigenvalue weighted by Gasteiger charge is -2.03. The summed E-state index contributed by atoms with van der Waals surface area (Å²) in [4.78, 5) is 10.7. The van der Waals surface area contributed by atoms with Gasteiger partial charge in [-0.25, -0.2) is 0 Å². The van der Waals surface area contributed by atoms with Gasteiger partial charge in [0.2, 0.25) is 0 Å². The van der Waals surface area contributed by atoms with Crippen molar-refractivity contribution in [1.29, 1.82) is 0 Å². The summed E-state index contributed by atoms with van der Waals surface area (Å²) in [6, 6.07) is 22.4. The fourth-order valence-corrected chi connectivity index (χ4v) is 9.17. The Bertz CT molecular complexity index is 1610. The van der Waals surface area contributed by atoms with Crippen LogP contribution in [0.3, 0.4) is 0 Å². The molecule has 0 aliphatic rings. The van der Waals surface area contributed by atoms with Crippen LogP contribution in [0.25, 0.3) is 51.4 Å². The van der Waals surface area contributed by atoms with Crippen molar-refractivity contribution in [2.24, 2.45) is 0 Å². The van der Waals surface area contributed by atoms with E-state index in [4.69, 9.17) is 8.75 Å². The monoisotopic (exact) mass is 562 g/mol. The first-order valence-electron chi connectivity index (χ1n) is 12.3. The van der Waals surface area contributed by atoms with E-state index in [1.165, 1.54) is 94.0 Å². The van der Waals surface area contributed by atoms with Gasteiger partial charge in [0.1, 0.15) is 11.0 Å². The number of unbranched alkanes of at least 4 members (excludes halogenated alkanes) is 3. The molecule has 6 rings (SSSR count). The maximum absolute atomic E-state index is 4.73. The number of fused-ring (bicyclic) bond motifs is 1. The summed E-state index contributed by atoms with van der Waals surface area (Å²) in [5, 5.41) is 0. The van der Waals surface area contributed by atoms with E-state index in [2.05, 4.69) is 74.5 Å². The molecule has 0 amide bonds. The molecule has 0 fully saturated rings. The Morgan fingerprint density at radius 2 is 1.11 bits per heavy atom. The van der Waals surface area contributed by atoms with E-state index in [1.54, 1.807) is 0 Å². The molecule has 0 unspecified atom stereocenters. The minimum atomic E-state index is 1.01. The minimum Gasteiger partial charge on any atom is -0.172 e. The number of nitrogens with zero attached hydrogens (tertiary/aromatic N) is 2. The standard InChI is InChI=1S/C29H26N2S5/c1-3-4-5-6-7-19-9-13-25(33-19)27-17-15-23(35-27)21-11-10-20(28-29(21)31-36-30-28)22-14-16-26(34-22)24-12-8-18(2)32-24/h8-17H,3-7H2,1-2H3. The molecular formula is C29H26N2S5. The molecule has 1 aromatic carbocycles. The smallest absolute Gasteiger partial charge is 0.114 e. The maximum atomic E-state index is 4.73. The zero-order chi connectivity index (χ0) is 24.5. The molecule has 0 spiro atoms. The van der Waals surface area contributed by atoms with Gasteiger partial charge in [-0.1, -0.05) is 38.3 Å². The maximum Gasteiger partial charge on any atom is 0.114 e. The molecule has 5 aromatic heterocycles. The van der Waals surface area contributed by atoms with Gasteiger partial charge in [-0.2, -0.15) is 8.75 Å². The lowest BCUT2D eigenvalue weighted by atomic mass is 10.1. The van der Waals surface area contributed by atoms with Gasteiger partial charge in [-0.05, 0) is 68.3 Å². The summed E-state index contributed by atoms with van der Waals surface area (Å²) in [6.07, 6.45) is 6.46. The van der Waals surface area contributed by atoms with Crippen molar-refractivity contribution in [3.63, 3.8) is 0 Å². The number of thiophene rings is 4. The third-order valence-electron chi connectivity index (χ3n) is 6.32. The molecule has 0 radical (unpaired) electrons. The molecule has 0 aliphatic carbocycles. The van der Waals surface area contributed by atoms with Crippen LogP contribution in [-0.2, 0) is 6.42 Å². The molecular weight excluding hydrogens is 537 g/mol. The van der Waals surface area contributed by atoms with Crippen molar-refractivity contribution < 1.29 is 0 Å². The number of aromatic nitrogens is 2. The van der Waals surface area contributed by atoms with Crippen molar-refractivity contribution in [2.75, 3.05) is 0 Å². The zero-order valence-corrected chi connectivity index (χ0v) is 24.3. The molecule has 182 valence electrons. The molecule has 0 saturated heterocycles. The van der Waals surface area contributed by atoms with Crippen LogP contribution >= 0.6 is 57.1 Å². The lowest BCUT2D eigenvalue weighted by Crippen LogP contribution is -1.81. The fourth-order valence-electron chi connectivity index (χ4n) is 4.43. The van der Waals surface area contributed by atoms with Crippen LogP contribution in [0.15, 0.2) is 60.7 Å². The number of hydrogen-bond donors (Lipinski definition) is 0. The van der Waals surface area contributed by atoms with Crippen LogP contribution in [0.4, 0.5) is 0 Å². The number of aryl methyl sites for hydroxylation is 2. The van der Waals surface area contributed by atoms with Crippen molar-refractivity contribution in [1.82, 2.24) is 8.75 Å². The van der Waals surface area contributed by atoms with Gasteiger partial charge in [0.15, 0.2) is 0 Å². The Morgan fingerprint density at radius 3 is 1.72 bits per heavy atom. The molecule has 0 atom stereocenters.